The van der Waals surface area contributed by atoms with Crippen LogP contribution in [0.1, 0.15) is 0 Å². The van der Waals surface area contributed by atoms with Gasteiger partial charge in [0.25, 0.3) is 0 Å². The van der Waals surface area contributed by atoms with Crippen LogP contribution in [-0.2, 0) is 19.1 Å². The van der Waals surface area contributed by atoms with E-state index >= 15 is 0 Å². The third-order valence-corrected chi connectivity index (χ3v) is 2.88. The molecule has 0 aromatic rings. The summed E-state index contributed by atoms with van der Waals surface area (Å²) in [5, 5.41) is 0. The van der Waals surface area contributed by atoms with Gasteiger partial charge in [0, 0.05) is 6.54 Å². The molecule has 0 aromatic heterocycles. The van der Waals surface area contributed by atoms with Gasteiger partial charge in [0.2, 0.25) is 0 Å². The number of carbonyl (C=O) groups is 2. The molecule has 0 N–H and O–H groups in total. The molecular formula is C11H17NO4Si. The van der Waals surface area contributed by atoms with E-state index in [1.54, 1.807) is 0 Å². The Morgan fingerprint density at radius 3 is 2.65 bits per heavy atom. The minimum atomic E-state index is -1.45. The minimum absolute atomic E-state index is 0.0243. The predicted octanol–water partition coefficient (Wildman–Crippen LogP) is 0.227. The van der Waals surface area contributed by atoms with Crippen LogP contribution in [-0.4, -0.2) is 51.3 Å². The fraction of sp³-hybridized carbons (Fsp3) is 0.636. The highest BCUT2D eigenvalue weighted by Crippen LogP contribution is 2.00. The second-order valence-corrected chi connectivity index (χ2v) is 9.48. The van der Waals surface area contributed by atoms with Crippen LogP contribution >= 0.6 is 0 Å². The Morgan fingerprint density at radius 1 is 1.41 bits per heavy atom. The van der Waals surface area contributed by atoms with Crippen molar-refractivity contribution in [2.24, 2.45) is 0 Å². The van der Waals surface area contributed by atoms with Crippen molar-refractivity contribution >= 4 is 20.0 Å². The zero-order valence-corrected chi connectivity index (χ0v) is 11.4. The van der Waals surface area contributed by atoms with Crippen molar-refractivity contribution in [1.29, 1.82) is 0 Å². The average molecular weight is 255 g/mol. The van der Waals surface area contributed by atoms with Gasteiger partial charge in [0.1, 0.15) is 14.8 Å². The summed E-state index contributed by atoms with van der Waals surface area (Å²) in [6, 6.07) is 0. The maximum absolute atomic E-state index is 11.5. The highest BCUT2D eigenvalue weighted by molar-refractivity contribution is 6.83. The van der Waals surface area contributed by atoms with Crippen molar-refractivity contribution in [3.8, 4) is 11.5 Å². The summed E-state index contributed by atoms with van der Waals surface area (Å²) in [6.45, 7) is 7.32. The first kappa shape index (κ1) is 13.7. The maximum Gasteiger partial charge on any atom is 0.398 e. The van der Waals surface area contributed by atoms with Crippen LogP contribution in [0.25, 0.3) is 0 Å². The van der Waals surface area contributed by atoms with Gasteiger partial charge in [-0.15, -0.1) is 5.54 Å². The van der Waals surface area contributed by atoms with Crippen LogP contribution in [0.3, 0.4) is 0 Å². The molecule has 1 heterocycles. The molecule has 5 nitrogen and oxygen atoms in total. The SMILES string of the molecule is C[Si](C)(C)C#CCOC(=O)C(=O)N1CCOC1. The van der Waals surface area contributed by atoms with Crippen molar-refractivity contribution in [1.82, 2.24) is 4.90 Å². The van der Waals surface area contributed by atoms with Crippen LogP contribution in [0.2, 0.25) is 19.6 Å². The quantitative estimate of drug-likeness (QED) is 0.291. The summed E-state index contributed by atoms with van der Waals surface area (Å²) < 4.78 is 9.75. The Morgan fingerprint density at radius 2 is 2.12 bits per heavy atom. The number of rotatable bonds is 1. The van der Waals surface area contributed by atoms with Gasteiger partial charge in [0.15, 0.2) is 6.61 Å². The van der Waals surface area contributed by atoms with Crippen LogP contribution in [0, 0.1) is 11.5 Å². The molecule has 0 aromatic carbocycles. The summed E-state index contributed by atoms with van der Waals surface area (Å²) in [7, 11) is -1.45. The Kier molecular flexibility index (Phi) is 4.72. The molecule has 17 heavy (non-hydrogen) atoms. The minimum Gasteiger partial charge on any atom is -0.445 e. The first-order chi connectivity index (χ1) is 7.90. The molecule has 0 bridgehead atoms. The molecule has 0 atom stereocenters. The lowest BCUT2D eigenvalue weighted by molar-refractivity contribution is -0.159. The zero-order chi connectivity index (χ0) is 12.9. The molecule has 1 fully saturated rings. The molecule has 1 saturated heterocycles. The van der Waals surface area contributed by atoms with Gasteiger partial charge < -0.3 is 14.4 Å². The van der Waals surface area contributed by atoms with Crippen LogP contribution < -0.4 is 0 Å². The van der Waals surface area contributed by atoms with Gasteiger partial charge >= 0.3 is 11.9 Å². The maximum atomic E-state index is 11.5. The highest BCUT2D eigenvalue weighted by atomic mass is 28.3. The Labute approximate surface area is 102 Å². The van der Waals surface area contributed by atoms with E-state index in [1.165, 1.54) is 4.90 Å². The fourth-order valence-corrected chi connectivity index (χ4v) is 1.77. The highest BCUT2D eigenvalue weighted by Gasteiger charge is 2.26. The number of hydrogen-bond acceptors (Lipinski definition) is 4. The normalized spacial score (nSPS) is 15.1. The molecule has 1 aliphatic heterocycles. The fourth-order valence-electron chi connectivity index (χ4n) is 1.17. The van der Waals surface area contributed by atoms with E-state index < -0.39 is 20.0 Å². The molecule has 94 valence electrons. The largest absolute Gasteiger partial charge is 0.445 e. The lowest BCUT2D eigenvalue weighted by Gasteiger charge is -2.11. The van der Waals surface area contributed by atoms with Crippen LogP contribution in [0.15, 0.2) is 0 Å². The van der Waals surface area contributed by atoms with Crippen LogP contribution in [0.5, 0.6) is 0 Å². The number of hydrogen-bond donors (Lipinski definition) is 0. The first-order valence-electron chi connectivity index (χ1n) is 5.44. The van der Waals surface area contributed by atoms with Gasteiger partial charge in [-0.25, -0.2) is 4.79 Å². The van der Waals surface area contributed by atoms with Gasteiger partial charge in [-0.1, -0.05) is 25.6 Å². The predicted molar refractivity (Wildman–Crippen MR) is 64.6 cm³/mol. The van der Waals surface area contributed by atoms with E-state index in [0.29, 0.717) is 13.2 Å². The number of ether oxygens (including phenoxy) is 2. The Hall–Kier alpha value is -1.32. The second-order valence-electron chi connectivity index (χ2n) is 4.73. The molecule has 0 spiro atoms. The molecule has 1 amide bonds. The molecule has 0 radical (unpaired) electrons. The summed E-state index contributed by atoms with van der Waals surface area (Å²) in [6.07, 6.45) is 0. The number of nitrogens with zero attached hydrogens (tertiary/aromatic N) is 1. The third-order valence-electron chi connectivity index (χ3n) is 1.95. The van der Waals surface area contributed by atoms with E-state index in [4.69, 9.17) is 9.47 Å². The molecule has 1 aliphatic rings. The van der Waals surface area contributed by atoms with Gasteiger partial charge in [0.05, 0.1) is 6.61 Å². The van der Waals surface area contributed by atoms with Crippen molar-refractivity contribution in [2.75, 3.05) is 26.5 Å². The van der Waals surface area contributed by atoms with Gasteiger partial charge in [-0.05, 0) is 0 Å². The lowest BCUT2D eigenvalue weighted by Crippen LogP contribution is -2.35. The van der Waals surface area contributed by atoms with Gasteiger partial charge in [-0.2, -0.15) is 0 Å². The number of esters is 1. The molecule has 1 rings (SSSR count). The molecular weight excluding hydrogens is 238 g/mol. The van der Waals surface area contributed by atoms with Crippen LogP contribution in [0.4, 0.5) is 0 Å². The summed E-state index contributed by atoms with van der Waals surface area (Å²) in [5.74, 6) is 1.25. The molecule has 0 aliphatic carbocycles. The summed E-state index contributed by atoms with van der Waals surface area (Å²) >= 11 is 0. The topological polar surface area (TPSA) is 55.8 Å². The summed E-state index contributed by atoms with van der Waals surface area (Å²) in [5.41, 5.74) is 3.05. The number of amides is 1. The van der Waals surface area contributed by atoms with E-state index in [1.807, 2.05) is 0 Å². The van der Waals surface area contributed by atoms with Crippen molar-refractivity contribution in [3.05, 3.63) is 0 Å². The smallest absolute Gasteiger partial charge is 0.398 e. The lowest BCUT2D eigenvalue weighted by atomic mass is 10.5. The summed E-state index contributed by atoms with van der Waals surface area (Å²) in [4.78, 5) is 24.1. The molecule has 6 heteroatoms. The monoisotopic (exact) mass is 255 g/mol. The average Bonchev–Trinajstić information content (AvgIpc) is 2.74. The van der Waals surface area contributed by atoms with Crippen molar-refractivity contribution in [3.63, 3.8) is 0 Å². The second kappa shape index (κ2) is 5.84. The molecule has 0 unspecified atom stereocenters. The zero-order valence-electron chi connectivity index (χ0n) is 10.4. The Balaban J connectivity index is 2.33. The third kappa shape index (κ3) is 5.02. The number of carbonyl (C=O) groups excluding carboxylic acids is 2. The van der Waals surface area contributed by atoms with Gasteiger partial charge in [-0.3, -0.25) is 4.79 Å². The standard InChI is InChI=1S/C11H17NO4Si/c1-17(2,3)8-4-6-16-11(14)10(13)12-5-7-15-9-12/h5-7,9H2,1-3H3. The first-order valence-corrected chi connectivity index (χ1v) is 8.94. The van der Waals surface area contributed by atoms with E-state index in [9.17, 15) is 9.59 Å². The Bertz CT molecular complexity index is 358. The van der Waals surface area contributed by atoms with E-state index in [-0.39, 0.29) is 13.3 Å². The van der Waals surface area contributed by atoms with E-state index in [2.05, 4.69) is 31.1 Å². The van der Waals surface area contributed by atoms with Crippen molar-refractivity contribution in [2.45, 2.75) is 19.6 Å². The van der Waals surface area contributed by atoms with E-state index in [0.717, 1.165) is 0 Å². The van der Waals surface area contributed by atoms with Crippen molar-refractivity contribution < 1.29 is 19.1 Å². The molecule has 0 saturated carbocycles.